The van der Waals surface area contributed by atoms with Gasteiger partial charge < -0.3 is 5.11 Å². The second-order valence-electron chi connectivity index (χ2n) is 4.51. The highest BCUT2D eigenvalue weighted by atomic mass is 35.5. The molecule has 0 amide bonds. The molecule has 0 spiro atoms. The number of hydrogen-bond donors (Lipinski definition) is 1. The third-order valence-corrected chi connectivity index (χ3v) is 2.84. The second-order valence-corrected chi connectivity index (χ2v) is 4.92. The van der Waals surface area contributed by atoms with Crippen molar-refractivity contribution in [2.75, 3.05) is 0 Å². The Morgan fingerprint density at radius 1 is 1.35 bits per heavy atom. The van der Waals surface area contributed by atoms with E-state index in [1.807, 2.05) is 19.1 Å². The van der Waals surface area contributed by atoms with Crippen LogP contribution >= 0.6 is 11.6 Å². The largest absolute Gasteiger partial charge is 0.384 e. The lowest BCUT2D eigenvalue weighted by atomic mass is 10.1. The highest BCUT2D eigenvalue weighted by molar-refractivity contribution is 6.32. The molecule has 90 valence electrons. The minimum Gasteiger partial charge on any atom is -0.384 e. The first-order valence-corrected chi connectivity index (χ1v) is 5.68. The number of aromatic nitrogens is 3. The Morgan fingerprint density at radius 2 is 2.06 bits per heavy atom. The predicted octanol–water partition coefficient (Wildman–Crippen LogP) is 2.46. The molecule has 0 aliphatic rings. The summed E-state index contributed by atoms with van der Waals surface area (Å²) in [5, 5.41) is 18.4. The maximum absolute atomic E-state index is 9.84. The molecule has 0 bridgehead atoms. The van der Waals surface area contributed by atoms with E-state index in [1.54, 1.807) is 30.8 Å². The summed E-state index contributed by atoms with van der Waals surface area (Å²) in [4.78, 5) is 0. The minimum atomic E-state index is -1.01. The molecule has 17 heavy (non-hydrogen) atoms. The Labute approximate surface area is 105 Å². The summed E-state index contributed by atoms with van der Waals surface area (Å²) < 4.78 is 1.59. The van der Waals surface area contributed by atoms with E-state index in [0.717, 1.165) is 11.3 Å². The number of hydrogen-bond acceptors (Lipinski definition) is 3. The third kappa shape index (κ3) is 2.33. The normalized spacial score (nSPS) is 11.8. The van der Waals surface area contributed by atoms with Crippen LogP contribution in [0.3, 0.4) is 0 Å². The first-order chi connectivity index (χ1) is 7.89. The summed E-state index contributed by atoms with van der Waals surface area (Å²) in [6.45, 7) is 5.29. The van der Waals surface area contributed by atoms with Crippen LogP contribution in [0.1, 0.15) is 25.1 Å². The topological polar surface area (TPSA) is 50.9 Å². The number of rotatable bonds is 2. The molecule has 0 aliphatic heterocycles. The SMILES string of the molecule is Cc1cccc(Cl)c1-n1cc(C(C)(C)O)nn1. The predicted molar refractivity (Wildman–Crippen MR) is 66.4 cm³/mol. The average molecular weight is 252 g/mol. The van der Waals surface area contributed by atoms with E-state index in [2.05, 4.69) is 10.3 Å². The molecule has 0 radical (unpaired) electrons. The first-order valence-electron chi connectivity index (χ1n) is 5.30. The van der Waals surface area contributed by atoms with Crippen LogP contribution in [0.4, 0.5) is 0 Å². The Hall–Kier alpha value is -1.39. The summed E-state index contributed by atoms with van der Waals surface area (Å²) in [5.41, 5.74) is 1.30. The molecule has 0 unspecified atom stereocenters. The van der Waals surface area contributed by atoms with Crippen molar-refractivity contribution in [1.29, 1.82) is 0 Å². The van der Waals surface area contributed by atoms with Gasteiger partial charge in [-0.2, -0.15) is 0 Å². The molecule has 0 atom stereocenters. The van der Waals surface area contributed by atoms with Crippen LogP contribution in [0.5, 0.6) is 0 Å². The maximum atomic E-state index is 9.84. The molecule has 2 aromatic rings. The van der Waals surface area contributed by atoms with Crippen LogP contribution < -0.4 is 0 Å². The lowest BCUT2D eigenvalue weighted by Crippen LogP contribution is -2.15. The van der Waals surface area contributed by atoms with Crippen molar-refractivity contribution in [3.8, 4) is 5.69 Å². The molecular formula is C12H14ClN3O. The van der Waals surface area contributed by atoms with E-state index in [9.17, 15) is 5.11 Å². The van der Waals surface area contributed by atoms with E-state index in [1.165, 1.54) is 0 Å². The number of aryl methyl sites for hydroxylation is 1. The Kier molecular flexibility index (Phi) is 2.93. The minimum absolute atomic E-state index is 0.511. The van der Waals surface area contributed by atoms with Gasteiger partial charge in [0.05, 0.1) is 16.9 Å². The molecule has 1 aromatic heterocycles. The fourth-order valence-electron chi connectivity index (χ4n) is 1.57. The number of para-hydroxylation sites is 1. The number of halogens is 1. The van der Waals surface area contributed by atoms with Crippen LogP contribution in [0, 0.1) is 6.92 Å². The van der Waals surface area contributed by atoms with Crippen molar-refractivity contribution in [2.24, 2.45) is 0 Å². The van der Waals surface area contributed by atoms with Crippen molar-refractivity contribution in [2.45, 2.75) is 26.4 Å². The number of benzene rings is 1. The smallest absolute Gasteiger partial charge is 0.114 e. The molecule has 2 rings (SSSR count). The Balaban J connectivity index is 2.51. The molecule has 1 N–H and O–H groups in total. The van der Waals surface area contributed by atoms with Crippen molar-refractivity contribution >= 4 is 11.6 Å². The highest BCUT2D eigenvalue weighted by Crippen LogP contribution is 2.24. The summed E-state index contributed by atoms with van der Waals surface area (Å²) in [7, 11) is 0. The van der Waals surface area contributed by atoms with E-state index in [4.69, 9.17) is 11.6 Å². The van der Waals surface area contributed by atoms with Crippen molar-refractivity contribution in [3.63, 3.8) is 0 Å². The van der Waals surface area contributed by atoms with Crippen molar-refractivity contribution in [1.82, 2.24) is 15.0 Å². The molecular weight excluding hydrogens is 238 g/mol. The van der Waals surface area contributed by atoms with Crippen LogP contribution in [-0.4, -0.2) is 20.1 Å². The molecule has 0 fully saturated rings. The van der Waals surface area contributed by atoms with Crippen LogP contribution in [-0.2, 0) is 5.60 Å². The molecule has 0 saturated carbocycles. The van der Waals surface area contributed by atoms with Gasteiger partial charge in [-0.05, 0) is 32.4 Å². The van der Waals surface area contributed by atoms with E-state index in [0.29, 0.717) is 10.7 Å². The fraction of sp³-hybridized carbons (Fsp3) is 0.333. The zero-order chi connectivity index (χ0) is 12.6. The summed E-state index contributed by atoms with van der Waals surface area (Å²) in [6.07, 6.45) is 1.69. The molecule has 1 heterocycles. The monoisotopic (exact) mass is 251 g/mol. The zero-order valence-electron chi connectivity index (χ0n) is 9.98. The molecule has 0 aliphatic carbocycles. The molecule has 0 saturated heterocycles. The van der Waals surface area contributed by atoms with Gasteiger partial charge in [-0.1, -0.05) is 28.9 Å². The quantitative estimate of drug-likeness (QED) is 0.892. The van der Waals surface area contributed by atoms with Gasteiger partial charge in [0.1, 0.15) is 11.3 Å². The Morgan fingerprint density at radius 3 is 2.59 bits per heavy atom. The van der Waals surface area contributed by atoms with E-state index >= 15 is 0 Å². The average Bonchev–Trinajstić information content (AvgIpc) is 2.65. The fourth-order valence-corrected chi connectivity index (χ4v) is 1.88. The summed E-state index contributed by atoms with van der Waals surface area (Å²) >= 11 is 6.14. The van der Waals surface area contributed by atoms with Gasteiger partial charge in [0.25, 0.3) is 0 Å². The second kappa shape index (κ2) is 4.13. The van der Waals surface area contributed by atoms with Gasteiger partial charge in [0, 0.05) is 0 Å². The number of nitrogens with zero attached hydrogens (tertiary/aromatic N) is 3. The van der Waals surface area contributed by atoms with Gasteiger partial charge in [-0.3, -0.25) is 0 Å². The molecule has 1 aromatic carbocycles. The maximum Gasteiger partial charge on any atom is 0.114 e. The highest BCUT2D eigenvalue weighted by Gasteiger charge is 2.21. The van der Waals surface area contributed by atoms with Crippen molar-refractivity contribution < 1.29 is 5.11 Å². The van der Waals surface area contributed by atoms with Crippen LogP contribution in [0.2, 0.25) is 5.02 Å². The zero-order valence-corrected chi connectivity index (χ0v) is 10.7. The third-order valence-electron chi connectivity index (χ3n) is 2.54. The molecule has 5 heteroatoms. The van der Waals surface area contributed by atoms with Crippen LogP contribution in [0.15, 0.2) is 24.4 Å². The Bertz CT molecular complexity index is 523. The van der Waals surface area contributed by atoms with Gasteiger partial charge in [-0.25, -0.2) is 4.68 Å². The molecule has 4 nitrogen and oxygen atoms in total. The van der Waals surface area contributed by atoms with Gasteiger partial charge in [0.2, 0.25) is 0 Å². The first kappa shape index (κ1) is 12.1. The van der Waals surface area contributed by atoms with Crippen molar-refractivity contribution in [3.05, 3.63) is 40.7 Å². The van der Waals surface area contributed by atoms with Gasteiger partial charge >= 0.3 is 0 Å². The lowest BCUT2D eigenvalue weighted by Gasteiger charge is -2.12. The number of aliphatic hydroxyl groups is 1. The van der Waals surface area contributed by atoms with Gasteiger partial charge in [-0.15, -0.1) is 5.10 Å². The lowest BCUT2D eigenvalue weighted by molar-refractivity contribution is 0.0737. The summed E-state index contributed by atoms with van der Waals surface area (Å²) in [6, 6.07) is 5.64. The standard InChI is InChI=1S/C12H14ClN3O/c1-8-5-4-6-9(13)11(8)16-7-10(14-15-16)12(2,3)17/h4-7,17H,1-3H3. The van der Waals surface area contributed by atoms with E-state index in [-0.39, 0.29) is 0 Å². The van der Waals surface area contributed by atoms with Gasteiger partial charge in [0.15, 0.2) is 0 Å². The van der Waals surface area contributed by atoms with Crippen LogP contribution in [0.25, 0.3) is 5.69 Å². The summed E-state index contributed by atoms with van der Waals surface area (Å²) in [5.74, 6) is 0. The van der Waals surface area contributed by atoms with E-state index < -0.39 is 5.60 Å².